The summed E-state index contributed by atoms with van der Waals surface area (Å²) in [6.07, 6.45) is 2.54. The van der Waals surface area contributed by atoms with Crippen molar-refractivity contribution >= 4 is 35.3 Å². The van der Waals surface area contributed by atoms with Gasteiger partial charge in [-0.25, -0.2) is 9.59 Å². The average Bonchev–Trinajstić information content (AvgIpc) is 2.99. The molecule has 2 aliphatic rings. The van der Waals surface area contributed by atoms with Gasteiger partial charge in [-0.1, -0.05) is 17.7 Å². The Labute approximate surface area is 201 Å². The molecular weight excluding hydrogens is 444 g/mol. The lowest BCUT2D eigenvalue weighted by Gasteiger charge is -2.34. The minimum atomic E-state index is -0.504. The number of benzene rings is 1. The van der Waals surface area contributed by atoms with E-state index in [-0.39, 0.29) is 23.9 Å². The fourth-order valence-corrected chi connectivity index (χ4v) is 4.35. The SMILES string of the molecule is CC(C)(C)OC(=O)N1CCC(CC(=O)N2CCCN(C(=O)Nc3cccc(Cl)c3)CC2)CC1. The van der Waals surface area contributed by atoms with Gasteiger partial charge in [-0.15, -0.1) is 0 Å². The summed E-state index contributed by atoms with van der Waals surface area (Å²) in [4.78, 5) is 43.1. The number of carbonyl (C=O) groups excluding carboxylic acids is 3. The fourth-order valence-electron chi connectivity index (χ4n) is 4.16. The summed E-state index contributed by atoms with van der Waals surface area (Å²) >= 11 is 5.99. The standard InChI is InChI=1S/C24H35ClN4O4/c1-24(2,3)33-23(32)29-12-8-18(9-13-29)16-21(30)27-10-5-11-28(15-14-27)22(31)26-20-7-4-6-19(25)17-20/h4,6-7,17-18H,5,8-16H2,1-3H3,(H,26,31). The maximum atomic E-state index is 12.9. The Kier molecular flexibility index (Phi) is 8.46. The number of nitrogens with zero attached hydrogens (tertiary/aromatic N) is 3. The zero-order chi connectivity index (χ0) is 24.0. The van der Waals surface area contributed by atoms with Crippen molar-refractivity contribution in [3.8, 4) is 0 Å². The zero-order valence-corrected chi connectivity index (χ0v) is 20.6. The Morgan fingerprint density at radius 1 is 1.00 bits per heavy atom. The first-order chi connectivity index (χ1) is 15.6. The van der Waals surface area contributed by atoms with Crippen LogP contribution in [0.25, 0.3) is 0 Å². The van der Waals surface area contributed by atoms with E-state index in [0.717, 1.165) is 19.3 Å². The van der Waals surface area contributed by atoms with E-state index in [0.29, 0.717) is 56.4 Å². The summed E-state index contributed by atoms with van der Waals surface area (Å²) in [6, 6.07) is 6.88. The van der Waals surface area contributed by atoms with Crippen molar-refractivity contribution in [2.45, 2.75) is 52.1 Å². The molecule has 0 radical (unpaired) electrons. The Hall–Kier alpha value is -2.48. The number of piperidine rings is 1. The summed E-state index contributed by atoms with van der Waals surface area (Å²) in [5.41, 5.74) is 0.151. The second-order valence-electron chi connectivity index (χ2n) is 9.78. The molecule has 33 heavy (non-hydrogen) atoms. The van der Waals surface area contributed by atoms with E-state index in [4.69, 9.17) is 16.3 Å². The molecule has 9 heteroatoms. The van der Waals surface area contributed by atoms with Crippen LogP contribution in [0.4, 0.5) is 15.3 Å². The van der Waals surface area contributed by atoms with Crippen molar-refractivity contribution in [1.82, 2.24) is 14.7 Å². The van der Waals surface area contributed by atoms with E-state index >= 15 is 0 Å². The lowest BCUT2D eigenvalue weighted by atomic mass is 9.93. The molecule has 0 aromatic heterocycles. The number of anilines is 1. The van der Waals surface area contributed by atoms with Gasteiger partial charge in [0.2, 0.25) is 5.91 Å². The third-order valence-electron chi connectivity index (χ3n) is 5.94. The van der Waals surface area contributed by atoms with Crippen LogP contribution in [-0.2, 0) is 9.53 Å². The molecule has 4 amide bonds. The highest BCUT2D eigenvalue weighted by Crippen LogP contribution is 2.23. The lowest BCUT2D eigenvalue weighted by Crippen LogP contribution is -2.43. The van der Waals surface area contributed by atoms with Crippen LogP contribution < -0.4 is 5.32 Å². The molecule has 1 aromatic rings. The first-order valence-electron chi connectivity index (χ1n) is 11.7. The summed E-state index contributed by atoms with van der Waals surface area (Å²) in [6.45, 7) is 9.09. The summed E-state index contributed by atoms with van der Waals surface area (Å²) < 4.78 is 5.44. The number of halogens is 1. The van der Waals surface area contributed by atoms with E-state index in [9.17, 15) is 14.4 Å². The summed E-state index contributed by atoms with van der Waals surface area (Å²) in [5, 5.41) is 3.44. The number of urea groups is 1. The summed E-state index contributed by atoms with van der Waals surface area (Å²) in [5.74, 6) is 0.393. The topological polar surface area (TPSA) is 82.2 Å². The quantitative estimate of drug-likeness (QED) is 0.696. The zero-order valence-electron chi connectivity index (χ0n) is 19.8. The molecule has 0 aliphatic carbocycles. The second-order valence-corrected chi connectivity index (χ2v) is 10.2. The van der Waals surface area contributed by atoms with Crippen molar-refractivity contribution in [2.24, 2.45) is 5.92 Å². The molecule has 1 N–H and O–H groups in total. The third-order valence-corrected chi connectivity index (χ3v) is 6.18. The number of amides is 4. The van der Waals surface area contributed by atoms with Crippen LogP contribution >= 0.6 is 11.6 Å². The van der Waals surface area contributed by atoms with Crippen molar-refractivity contribution in [2.75, 3.05) is 44.6 Å². The first-order valence-corrected chi connectivity index (χ1v) is 12.1. The molecule has 2 aliphatic heterocycles. The van der Waals surface area contributed by atoms with Crippen molar-refractivity contribution in [3.63, 3.8) is 0 Å². The van der Waals surface area contributed by atoms with Crippen LogP contribution in [0.1, 0.15) is 46.5 Å². The number of nitrogens with one attached hydrogen (secondary N) is 1. The van der Waals surface area contributed by atoms with E-state index in [1.807, 2.05) is 25.7 Å². The molecule has 0 unspecified atom stereocenters. The van der Waals surface area contributed by atoms with Gasteiger partial charge in [0.15, 0.2) is 0 Å². The molecule has 3 rings (SSSR count). The molecule has 2 fully saturated rings. The van der Waals surface area contributed by atoms with Gasteiger partial charge in [-0.3, -0.25) is 4.79 Å². The Morgan fingerprint density at radius 3 is 2.33 bits per heavy atom. The molecular formula is C24H35ClN4O4. The number of hydrogen-bond acceptors (Lipinski definition) is 4. The number of hydrogen-bond donors (Lipinski definition) is 1. The van der Waals surface area contributed by atoms with Crippen molar-refractivity contribution in [1.29, 1.82) is 0 Å². The summed E-state index contributed by atoms with van der Waals surface area (Å²) in [7, 11) is 0. The van der Waals surface area contributed by atoms with Crippen LogP contribution in [0.5, 0.6) is 0 Å². The molecule has 0 bridgehead atoms. The number of ether oxygens (including phenoxy) is 1. The molecule has 1 aromatic carbocycles. The van der Waals surface area contributed by atoms with Crippen molar-refractivity contribution < 1.29 is 19.1 Å². The molecule has 8 nitrogen and oxygen atoms in total. The first kappa shape index (κ1) is 25.1. The van der Waals surface area contributed by atoms with Crippen LogP contribution in [0.2, 0.25) is 5.02 Å². The van der Waals surface area contributed by atoms with Crippen LogP contribution in [0.3, 0.4) is 0 Å². The van der Waals surface area contributed by atoms with Gasteiger partial charge in [0.1, 0.15) is 5.60 Å². The predicted octanol–water partition coefficient (Wildman–Crippen LogP) is 4.44. The maximum absolute atomic E-state index is 12.9. The highest BCUT2D eigenvalue weighted by atomic mass is 35.5. The minimum Gasteiger partial charge on any atom is -0.444 e. The molecule has 2 heterocycles. The van der Waals surface area contributed by atoms with Crippen LogP contribution in [-0.4, -0.2) is 77.6 Å². The van der Waals surface area contributed by atoms with Gasteiger partial charge >= 0.3 is 12.1 Å². The van der Waals surface area contributed by atoms with Gasteiger partial charge in [-0.2, -0.15) is 0 Å². The van der Waals surface area contributed by atoms with E-state index in [1.165, 1.54) is 0 Å². The number of likely N-dealkylation sites (tertiary alicyclic amines) is 1. The molecule has 182 valence electrons. The largest absolute Gasteiger partial charge is 0.444 e. The molecule has 0 saturated carbocycles. The number of carbonyl (C=O) groups is 3. The normalized spacial score (nSPS) is 18.0. The monoisotopic (exact) mass is 478 g/mol. The predicted molar refractivity (Wildman–Crippen MR) is 128 cm³/mol. The Bertz CT molecular complexity index is 849. The van der Waals surface area contributed by atoms with Gasteiger partial charge in [0.25, 0.3) is 0 Å². The third kappa shape index (κ3) is 7.81. The number of rotatable bonds is 3. The Balaban J connectivity index is 1.42. The van der Waals surface area contributed by atoms with Crippen LogP contribution in [0.15, 0.2) is 24.3 Å². The molecule has 0 spiro atoms. The van der Waals surface area contributed by atoms with Gasteiger partial charge in [0, 0.05) is 56.4 Å². The van der Waals surface area contributed by atoms with Gasteiger partial charge < -0.3 is 24.8 Å². The van der Waals surface area contributed by atoms with Crippen molar-refractivity contribution in [3.05, 3.63) is 29.3 Å². The Morgan fingerprint density at radius 2 is 1.67 bits per heavy atom. The van der Waals surface area contributed by atoms with E-state index < -0.39 is 5.60 Å². The maximum Gasteiger partial charge on any atom is 0.410 e. The molecule has 2 saturated heterocycles. The second kappa shape index (κ2) is 11.1. The smallest absolute Gasteiger partial charge is 0.410 e. The van der Waals surface area contributed by atoms with Gasteiger partial charge in [-0.05, 0) is 64.2 Å². The average molecular weight is 479 g/mol. The highest BCUT2D eigenvalue weighted by molar-refractivity contribution is 6.30. The van der Waals surface area contributed by atoms with E-state index in [1.54, 1.807) is 34.1 Å². The van der Waals surface area contributed by atoms with Gasteiger partial charge in [0.05, 0.1) is 0 Å². The van der Waals surface area contributed by atoms with E-state index in [2.05, 4.69) is 5.32 Å². The highest BCUT2D eigenvalue weighted by Gasteiger charge is 2.29. The molecule has 0 atom stereocenters. The fraction of sp³-hybridized carbons (Fsp3) is 0.625. The minimum absolute atomic E-state index is 0.128. The lowest BCUT2D eigenvalue weighted by molar-refractivity contribution is -0.132. The van der Waals surface area contributed by atoms with Crippen LogP contribution in [0, 0.1) is 5.92 Å².